The van der Waals surface area contributed by atoms with Crippen molar-refractivity contribution in [1.82, 2.24) is 5.32 Å². The molecule has 0 radical (unpaired) electrons. The summed E-state index contributed by atoms with van der Waals surface area (Å²) in [5, 5.41) is 13.7. The van der Waals surface area contributed by atoms with Gasteiger partial charge >= 0.3 is 7.82 Å². The van der Waals surface area contributed by atoms with Gasteiger partial charge in [-0.1, -0.05) is 237 Å². The molecule has 0 aromatic carbocycles. The van der Waals surface area contributed by atoms with Gasteiger partial charge in [0.1, 0.15) is 13.2 Å². The van der Waals surface area contributed by atoms with Crippen LogP contribution in [0.3, 0.4) is 0 Å². The molecule has 3 N–H and O–H groups in total. The lowest BCUT2D eigenvalue weighted by atomic mass is 10.0. The molecule has 8 nitrogen and oxygen atoms in total. The van der Waals surface area contributed by atoms with Crippen LogP contribution in [-0.4, -0.2) is 73.4 Å². The summed E-state index contributed by atoms with van der Waals surface area (Å²) in [7, 11) is 1.56. The number of unbranched alkanes of at least 4 members (excludes halogenated alkanes) is 33. The highest BCUT2D eigenvalue weighted by Crippen LogP contribution is 2.43. The third kappa shape index (κ3) is 48.6. The highest BCUT2D eigenvalue weighted by Gasteiger charge is 2.27. The monoisotopic (exact) mass is 924 g/mol. The van der Waals surface area contributed by atoms with Crippen molar-refractivity contribution in [2.24, 2.45) is 0 Å². The molecular weight excluding hydrogens is 816 g/mol. The van der Waals surface area contributed by atoms with Gasteiger partial charge in [0, 0.05) is 6.42 Å². The first-order valence-electron chi connectivity index (χ1n) is 27.4. The van der Waals surface area contributed by atoms with Crippen LogP contribution in [0.1, 0.15) is 258 Å². The minimum Gasteiger partial charge on any atom is -0.387 e. The molecule has 1 amide bonds. The SMILES string of the molecule is CCC/C=C/CC/C=C/C(O)C(COP(=O)(O)OCC[N+](C)(C)C)NC(=O)CCCCCCCCCCCCCCCCCCCCCCCCC/C=C\CCCCCCCCCC. The Kier molecular flexibility index (Phi) is 45.9. The van der Waals surface area contributed by atoms with E-state index in [9.17, 15) is 19.4 Å². The van der Waals surface area contributed by atoms with Crippen molar-refractivity contribution in [2.75, 3.05) is 40.9 Å². The van der Waals surface area contributed by atoms with E-state index in [0.717, 1.165) is 44.9 Å². The first-order valence-corrected chi connectivity index (χ1v) is 28.9. The molecule has 0 spiro atoms. The number of phosphoric ester groups is 1. The van der Waals surface area contributed by atoms with E-state index in [0.29, 0.717) is 17.4 Å². The lowest BCUT2D eigenvalue weighted by molar-refractivity contribution is -0.870. The molecule has 378 valence electrons. The van der Waals surface area contributed by atoms with Gasteiger partial charge in [-0.2, -0.15) is 0 Å². The predicted octanol–water partition coefficient (Wildman–Crippen LogP) is 16.2. The van der Waals surface area contributed by atoms with Crippen LogP contribution in [0.4, 0.5) is 0 Å². The van der Waals surface area contributed by atoms with E-state index in [1.807, 2.05) is 27.2 Å². The average Bonchev–Trinajstić information content (AvgIpc) is 3.25. The van der Waals surface area contributed by atoms with Gasteiger partial charge in [-0.25, -0.2) is 4.57 Å². The zero-order chi connectivity index (χ0) is 47.1. The van der Waals surface area contributed by atoms with Crippen molar-refractivity contribution in [3.63, 3.8) is 0 Å². The molecule has 9 heteroatoms. The molecule has 0 saturated heterocycles. The van der Waals surface area contributed by atoms with Gasteiger partial charge in [-0.3, -0.25) is 13.8 Å². The van der Waals surface area contributed by atoms with Gasteiger partial charge in [-0.05, 0) is 51.4 Å². The van der Waals surface area contributed by atoms with E-state index in [1.54, 1.807) is 6.08 Å². The fraction of sp³-hybridized carbons (Fsp3) is 0.873. The molecule has 0 aromatic rings. The number of hydrogen-bond acceptors (Lipinski definition) is 5. The molecule has 0 aliphatic carbocycles. The number of aliphatic hydroxyl groups excluding tert-OH is 1. The Morgan fingerprint density at radius 3 is 1.31 bits per heavy atom. The van der Waals surface area contributed by atoms with Gasteiger partial charge < -0.3 is 19.8 Å². The molecule has 0 heterocycles. The van der Waals surface area contributed by atoms with Gasteiger partial charge in [0.2, 0.25) is 5.91 Å². The molecular formula is C55H108N2O6P+. The molecule has 0 aliphatic rings. The van der Waals surface area contributed by atoms with Crippen molar-refractivity contribution in [1.29, 1.82) is 0 Å². The van der Waals surface area contributed by atoms with Crippen LogP contribution in [0, 0.1) is 0 Å². The fourth-order valence-electron chi connectivity index (χ4n) is 8.00. The van der Waals surface area contributed by atoms with Crippen LogP contribution in [-0.2, 0) is 18.4 Å². The Balaban J connectivity index is 3.80. The van der Waals surface area contributed by atoms with Crippen molar-refractivity contribution < 1.29 is 32.9 Å². The van der Waals surface area contributed by atoms with Crippen LogP contribution >= 0.6 is 7.82 Å². The van der Waals surface area contributed by atoms with E-state index in [2.05, 4.69) is 43.5 Å². The summed E-state index contributed by atoms with van der Waals surface area (Å²) in [6, 6.07) is -0.858. The Hall–Kier alpha value is -1.28. The van der Waals surface area contributed by atoms with Crippen molar-refractivity contribution >= 4 is 13.7 Å². The number of likely N-dealkylation sites (N-methyl/N-ethyl adjacent to an activating group) is 1. The van der Waals surface area contributed by atoms with E-state index in [4.69, 9.17) is 9.05 Å². The Bertz CT molecular complexity index is 1140. The number of carbonyl (C=O) groups is 1. The number of amides is 1. The number of phosphoric acid groups is 1. The number of rotatable bonds is 50. The molecule has 3 atom stereocenters. The summed E-state index contributed by atoms with van der Waals surface area (Å²) in [4.78, 5) is 23.1. The second-order valence-corrected chi connectivity index (χ2v) is 21.4. The first kappa shape index (κ1) is 62.7. The highest BCUT2D eigenvalue weighted by atomic mass is 31.2. The van der Waals surface area contributed by atoms with E-state index >= 15 is 0 Å². The number of allylic oxidation sites excluding steroid dienone is 5. The van der Waals surface area contributed by atoms with Gasteiger partial charge in [0.05, 0.1) is 39.9 Å². The van der Waals surface area contributed by atoms with Crippen LogP contribution in [0.25, 0.3) is 0 Å². The van der Waals surface area contributed by atoms with Crippen LogP contribution < -0.4 is 5.32 Å². The van der Waals surface area contributed by atoms with Crippen LogP contribution in [0.5, 0.6) is 0 Å². The average molecular weight is 924 g/mol. The third-order valence-corrected chi connectivity index (χ3v) is 13.3. The Morgan fingerprint density at radius 1 is 0.516 bits per heavy atom. The third-order valence-electron chi connectivity index (χ3n) is 12.3. The Labute approximate surface area is 397 Å². The van der Waals surface area contributed by atoms with Crippen molar-refractivity contribution in [2.45, 2.75) is 270 Å². The first-order chi connectivity index (χ1) is 31.0. The molecule has 0 rings (SSSR count). The molecule has 0 saturated carbocycles. The lowest BCUT2D eigenvalue weighted by Crippen LogP contribution is -2.45. The van der Waals surface area contributed by atoms with Crippen molar-refractivity contribution in [3.05, 3.63) is 36.5 Å². The molecule has 64 heavy (non-hydrogen) atoms. The lowest BCUT2D eigenvalue weighted by Gasteiger charge is -2.25. The molecule has 3 unspecified atom stereocenters. The van der Waals surface area contributed by atoms with Crippen molar-refractivity contribution in [3.8, 4) is 0 Å². The maximum absolute atomic E-state index is 12.8. The van der Waals surface area contributed by atoms with E-state index in [1.165, 1.54) is 193 Å². The topological polar surface area (TPSA) is 105 Å². The number of carbonyl (C=O) groups excluding carboxylic acids is 1. The molecule has 0 aromatic heterocycles. The summed E-state index contributed by atoms with van der Waals surface area (Å²) in [6.45, 7) is 4.70. The molecule has 0 bridgehead atoms. The number of aliphatic hydroxyl groups is 1. The number of quaternary nitrogens is 1. The van der Waals surface area contributed by atoms with Crippen LogP contribution in [0.2, 0.25) is 0 Å². The van der Waals surface area contributed by atoms with E-state index < -0.39 is 20.0 Å². The minimum absolute atomic E-state index is 0.0568. The predicted molar refractivity (Wildman–Crippen MR) is 277 cm³/mol. The maximum atomic E-state index is 12.8. The number of hydrogen-bond donors (Lipinski definition) is 3. The highest BCUT2D eigenvalue weighted by molar-refractivity contribution is 7.47. The molecule has 0 aliphatic heterocycles. The van der Waals surface area contributed by atoms with Gasteiger partial charge in [-0.15, -0.1) is 0 Å². The standard InChI is InChI=1S/C55H107N2O6P/c1-6-8-10-12-14-15-16-17-18-19-20-21-22-23-24-25-26-27-28-29-30-31-32-33-34-35-36-37-38-39-40-41-43-45-47-49-55(59)56-53(54(58)48-46-44-42-13-11-9-7-2)52-63-64(60,61)62-51-50-57(3,4)5/h11,13,19-20,46,48,53-54,58H,6-10,12,14-18,21-45,47,49-52H2,1-5H3,(H-,56,59,60,61)/p+1/b13-11+,20-19-,48-46+. The second kappa shape index (κ2) is 46.8. The number of nitrogens with zero attached hydrogens (tertiary/aromatic N) is 1. The quantitative estimate of drug-likeness (QED) is 0.0243. The maximum Gasteiger partial charge on any atom is 0.472 e. The fourth-order valence-corrected chi connectivity index (χ4v) is 8.74. The smallest absolute Gasteiger partial charge is 0.387 e. The zero-order valence-corrected chi connectivity index (χ0v) is 43.9. The minimum atomic E-state index is -4.34. The van der Waals surface area contributed by atoms with Gasteiger partial charge in [0.25, 0.3) is 0 Å². The van der Waals surface area contributed by atoms with E-state index in [-0.39, 0.29) is 19.1 Å². The summed E-state index contributed by atoms with van der Waals surface area (Å²) in [5.41, 5.74) is 0. The molecule has 0 fully saturated rings. The largest absolute Gasteiger partial charge is 0.472 e. The summed E-state index contributed by atoms with van der Waals surface area (Å²) >= 11 is 0. The summed E-state index contributed by atoms with van der Waals surface area (Å²) in [5.74, 6) is -0.188. The van der Waals surface area contributed by atoms with Gasteiger partial charge in [0.15, 0.2) is 0 Å². The second-order valence-electron chi connectivity index (χ2n) is 19.9. The van der Waals surface area contributed by atoms with Crippen LogP contribution in [0.15, 0.2) is 36.5 Å². The summed E-state index contributed by atoms with van der Waals surface area (Å²) in [6.07, 6.45) is 60.2. The zero-order valence-electron chi connectivity index (χ0n) is 43.0. The normalized spacial score (nSPS) is 14.3. The summed E-state index contributed by atoms with van der Waals surface area (Å²) < 4.78 is 23.5. The number of nitrogens with one attached hydrogen (secondary N) is 1. The Morgan fingerprint density at radius 2 is 0.891 bits per heavy atom.